The lowest BCUT2D eigenvalue weighted by Crippen LogP contribution is -2.24. The molecule has 0 fully saturated rings. The van der Waals surface area contributed by atoms with Gasteiger partial charge in [0, 0.05) is 17.3 Å². The van der Waals surface area contributed by atoms with Crippen molar-refractivity contribution in [1.29, 1.82) is 0 Å². The molecule has 2 aromatic rings. The third-order valence-electron chi connectivity index (χ3n) is 4.03. The highest BCUT2D eigenvalue weighted by Gasteiger charge is 2.27. The summed E-state index contributed by atoms with van der Waals surface area (Å²) in [4.78, 5) is 0. The zero-order valence-corrected chi connectivity index (χ0v) is 13.9. The van der Waals surface area contributed by atoms with Gasteiger partial charge in [-0.15, -0.1) is 0 Å². The van der Waals surface area contributed by atoms with E-state index in [4.69, 9.17) is 4.74 Å². The Balaban J connectivity index is 1.94. The fourth-order valence-corrected chi connectivity index (χ4v) is 3.42. The van der Waals surface area contributed by atoms with Crippen molar-refractivity contribution in [2.45, 2.75) is 32.3 Å². The minimum atomic E-state index is -0.909. The fourth-order valence-electron chi connectivity index (χ4n) is 2.86. The Morgan fingerprint density at radius 1 is 1.24 bits per heavy atom. The maximum Gasteiger partial charge on any atom is 0.126 e. The fraction of sp³-hybridized carbons (Fsp3) is 0.333. The molecule has 21 heavy (non-hydrogen) atoms. The number of aliphatic hydroxyl groups is 1. The predicted molar refractivity (Wildman–Crippen MR) is 87.8 cm³/mol. The molecular weight excluding hydrogens is 328 g/mol. The molecule has 1 aliphatic rings. The summed E-state index contributed by atoms with van der Waals surface area (Å²) < 4.78 is 6.80. The van der Waals surface area contributed by atoms with Gasteiger partial charge in [0.05, 0.1) is 12.2 Å². The molecule has 1 N–H and O–H groups in total. The van der Waals surface area contributed by atoms with Crippen LogP contribution < -0.4 is 4.74 Å². The van der Waals surface area contributed by atoms with Crippen molar-refractivity contribution in [3.8, 4) is 5.75 Å². The number of fused-ring (bicyclic) bond motifs is 1. The summed E-state index contributed by atoms with van der Waals surface area (Å²) in [5, 5.41) is 10.9. The third kappa shape index (κ3) is 2.99. The summed E-state index contributed by atoms with van der Waals surface area (Å²) in [5.74, 6) is 0.950. The molecular formula is C18H19BrO2. The molecule has 0 saturated heterocycles. The van der Waals surface area contributed by atoms with Crippen molar-refractivity contribution in [2.75, 3.05) is 6.61 Å². The molecule has 2 nitrogen and oxygen atoms in total. The highest BCUT2D eigenvalue weighted by Crippen LogP contribution is 2.37. The second kappa shape index (κ2) is 5.47. The van der Waals surface area contributed by atoms with E-state index in [0.717, 1.165) is 34.4 Å². The largest absolute Gasteiger partial charge is 0.493 e. The van der Waals surface area contributed by atoms with Crippen molar-refractivity contribution < 1.29 is 9.84 Å². The smallest absolute Gasteiger partial charge is 0.126 e. The van der Waals surface area contributed by atoms with Crippen LogP contribution in [0.2, 0.25) is 0 Å². The number of aryl methyl sites for hydroxylation is 1. The maximum atomic E-state index is 10.9. The van der Waals surface area contributed by atoms with Crippen LogP contribution in [0, 0.1) is 6.92 Å². The van der Waals surface area contributed by atoms with E-state index in [1.54, 1.807) is 0 Å². The van der Waals surface area contributed by atoms with E-state index in [0.29, 0.717) is 6.42 Å². The van der Waals surface area contributed by atoms with Crippen LogP contribution in [-0.4, -0.2) is 11.7 Å². The maximum absolute atomic E-state index is 10.9. The van der Waals surface area contributed by atoms with E-state index in [2.05, 4.69) is 22.0 Å². The van der Waals surface area contributed by atoms with Crippen molar-refractivity contribution >= 4 is 15.9 Å². The van der Waals surface area contributed by atoms with Gasteiger partial charge in [-0.2, -0.15) is 0 Å². The highest BCUT2D eigenvalue weighted by molar-refractivity contribution is 9.10. The summed E-state index contributed by atoms with van der Waals surface area (Å²) in [6.45, 7) is 4.64. The summed E-state index contributed by atoms with van der Waals surface area (Å²) in [6.07, 6.45) is 1.48. The SMILES string of the molecule is Cc1ccc(C(C)(O)Cc2cc(Br)cc3c2OCC3)cc1. The Morgan fingerprint density at radius 2 is 1.95 bits per heavy atom. The quantitative estimate of drug-likeness (QED) is 0.904. The number of benzene rings is 2. The van der Waals surface area contributed by atoms with Gasteiger partial charge in [-0.3, -0.25) is 0 Å². The van der Waals surface area contributed by atoms with Crippen LogP contribution in [0.1, 0.15) is 29.2 Å². The van der Waals surface area contributed by atoms with E-state index in [1.807, 2.05) is 44.2 Å². The topological polar surface area (TPSA) is 29.5 Å². The summed E-state index contributed by atoms with van der Waals surface area (Å²) in [7, 11) is 0. The van der Waals surface area contributed by atoms with E-state index in [-0.39, 0.29) is 0 Å². The van der Waals surface area contributed by atoms with Gasteiger partial charge in [-0.25, -0.2) is 0 Å². The highest BCUT2D eigenvalue weighted by atomic mass is 79.9. The second-order valence-electron chi connectivity index (χ2n) is 5.97. The number of hydrogen-bond acceptors (Lipinski definition) is 2. The standard InChI is InChI=1S/C18H19BrO2/c1-12-3-5-15(6-4-12)18(2,20)11-14-10-16(19)9-13-7-8-21-17(13)14/h3-6,9-10,20H,7-8,11H2,1-2H3. The Bertz CT molecular complexity index is 660. The van der Waals surface area contributed by atoms with E-state index in [1.165, 1.54) is 11.1 Å². The monoisotopic (exact) mass is 346 g/mol. The zero-order valence-electron chi connectivity index (χ0n) is 12.3. The molecule has 0 radical (unpaired) electrons. The first kappa shape index (κ1) is 14.6. The average Bonchev–Trinajstić information content (AvgIpc) is 2.87. The minimum absolute atomic E-state index is 0.540. The van der Waals surface area contributed by atoms with Crippen LogP contribution in [0.4, 0.5) is 0 Å². The van der Waals surface area contributed by atoms with Crippen LogP contribution in [0.5, 0.6) is 5.75 Å². The number of hydrogen-bond donors (Lipinski definition) is 1. The molecule has 0 amide bonds. The van der Waals surface area contributed by atoms with Crippen molar-refractivity contribution in [3.05, 3.63) is 63.1 Å². The van der Waals surface area contributed by atoms with E-state index >= 15 is 0 Å². The van der Waals surface area contributed by atoms with Crippen LogP contribution in [-0.2, 0) is 18.4 Å². The van der Waals surface area contributed by atoms with Gasteiger partial charge in [0.2, 0.25) is 0 Å². The van der Waals surface area contributed by atoms with Crippen LogP contribution >= 0.6 is 15.9 Å². The van der Waals surface area contributed by atoms with Gasteiger partial charge in [-0.1, -0.05) is 45.8 Å². The number of rotatable bonds is 3. The Labute approximate surface area is 133 Å². The Hall–Kier alpha value is -1.32. The summed E-state index contributed by atoms with van der Waals surface area (Å²) >= 11 is 3.55. The first-order valence-electron chi connectivity index (χ1n) is 7.19. The molecule has 1 aliphatic heterocycles. The molecule has 0 aromatic heterocycles. The molecule has 3 rings (SSSR count). The average molecular weight is 347 g/mol. The second-order valence-corrected chi connectivity index (χ2v) is 6.88. The number of halogens is 1. The predicted octanol–water partition coefficient (Wildman–Crippen LogP) is 4.14. The van der Waals surface area contributed by atoms with E-state index in [9.17, 15) is 5.11 Å². The summed E-state index contributed by atoms with van der Waals surface area (Å²) in [6, 6.07) is 12.2. The molecule has 2 aromatic carbocycles. The number of ether oxygens (including phenoxy) is 1. The molecule has 110 valence electrons. The van der Waals surface area contributed by atoms with Crippen LogP contribution in [0.3, 0.4) is 0 Å². The lowest BCUT2D eigenvalue weighted by Gasteiger charge is -2.25. The molecule has 3 heteroatoms. The molecule has 0 bridgehead atoms. The van der Waals surface area contributed by atoms with Crippen LogP contribution in [0.25, 0.3) is 0 Å². The van der Waals surface area contributed by atoms with Crippen molar-refractivity contribution in [3.63, 3.8) is 0 Å². The van der Waals surface area contributed by atoms with Gasteiger partial charge < -0.3 is 9.84 Å². The molecule has 1 atom stereocenters. The van der Waals surface area contributed by atoms with Crippen molar-refractivity contribution in [1.82, 2.24) is 0 Å². The van der Waals surface area contributed by atoms with E-state index < -0.39 is 5.60 Å². The Kier molecular flexibility index (Phi) is 3.80. The lowest BCUT2D eigenvalue weighted by atomic mass is 9.88. The molecule has 0 aliphatic carbocycles. The van der Waals surface area contributed by atoms with Gasteiger partial charge in [0.25, 0.3) is 0 Å². The first-order chi connectivity index (χ1) is 9.95. The van der Waals surface area contributed by atoms with Crippen molar-refractivity contribution in [2.24, 2.45) is 0 Å². The zero-order chi connectivity index (χ0) is 15.0. The molecule has 0 saturated carbocycles. The summed E-state index contributed by atoms with van der Waals surface area (Å²) in [5.41, 5.74) is 3.50. The van der Waals surface area contributed by atoms with Crippen LogP contribution in [0.15, 0.2) is 40.9 Å². The third-order valence-corrected chi connectivity index (χ3v) is 4.49. The Morgan fingerprint density at radius 3 is 2.67 bits per heavy atom. The van der Waals surface area contributed by atoms with Gasteiger partial charge in [0.1, 0.15) is 5.75 Å². The molecule has 0 spiro atoms. The minimum Gasteiger partial charge on any atom is -0.493 e. The van der Waals surface area contributed by atoms with Gasteiger partial charge >= 0.3 is 0 Å². The first-order valence-corrected chi connectivity index (χ1v) is 7.99. The lowest BCUT2D eigenvalue weighted by molar-refractivity contribution is 0.0569. The normalized spacial score (nSPS) is 16.2. The van der Waals surface area contributed by atoms with Gasteiger partial charge in [-0.05, 0) is 42.7 Å². The molecule has 1 heterocycles. The van der Waals surface area contributed by atoms with Gasteiger partial charge in [0.15, 0.2) is 0 Å². The molecule has 1 unspecified atom stereocenters.